The molecule has 2 amide bonds. The summed E-state index contributed by atoms with van der Waals surface area (Å²) < 4.78 is 45.7. The second-order valence-corrected chi connectivity index (χ2v) is 15.3. The number of ether oxygens (including phenoxy) is 1. The lowest BCUT2D eigenvalue weighted by Gasteiger charge is -2.25. The lowest BCUT2D eigenvalue weighted by atomic mass is 9.98. The van der Waals surface area contributed by atoms with Crippen molar-refractivity contribution >= 4 is 30.8 Å². The number of imidazole rings is 1. The molecule has 0 radical (unpaired) electrons. The van der Waals surface area contributed by atoms with Crippen LogP contribution < -0.4 is 10.6 Å². The Hall–Kier alpha value is -2.96. The van der Waals surface area contributed by atoms with Crippen molar-refractivity contribution in [3.8, 4) is 11.1 Å². The number of anilines is 1. The van der Waals surface area contributed by atoms with Gasteiger partial charge >= 0.3 is 13.9 Å². The molecule has 1 aliphatic heterocycles. The molecule has 12 nitrogen and oxygen atoms in total. The number of benzene rings is 1. The summed E-state index contributed by atoms with van der Waals surface area (Å²) in [7, 11) is -4.40. The minimum atomic E-state index is -4.40. The van der Waals surface area contributed by atoms with Gasteiger partial charge in [-0.25, -0.2) is 28.7 Å². The van der Waals surface area contributed by atoms with Crippen molar-refractivity contribution in [2.45, 2.75) is 142 Å². The molecule has 1 aliphatic rings. The molecule has 2 atom stereocenters. The van der Waals surface area contributed by atoms with Crippen molar-refractivity contribution in [1.82, 2.24) is 25.3 Å². The van der Waals surface area contributed by atoms with Crippen LogP contribution in [0.1, 0.15) is 148 Å². The number of unbranched alkanes of at least 4 members (excludes halogenated alkanes) is 13. The number of aromatic nitrogens is 4. The Balaban J connectivity index is 1.28. The van der Waals surface area contributed by atoms with Crippen LogP contribution in [-0.4, -0.2) is 50.6 Å². The number of urea groups is 1. The number of phosphoric ester groups is 1. The largest absolute Gasteiger partial charge is 0.473 e. The Kier molecular flexibility index (Phi) is 16.3. The van der Waals surface area contributed by atoms with E-state index in [0.29, 0.717) is 48.2 Å². The predicted molar refractivity (Wildman–Crippen MR) is 198 cm³/mol. The topological polar surface area (TPSA) is 161 Å². The van der Waals surface area contributed by atoms with E-state index in [0.717, 1.165) is 25.7 Å². The van der Waals surface area contributed by atoms with Crippen LogP contribution in [0.25, 0.3) is 22.2 Å². The zero-order valence-electron chi connectivity index (χ0n) is 30.9. The van der Waals surface area contributed by atoms with Crippen LogP contribution in [0.15, 0.2) is 18.5 Å². The smallest absolute Gasteiger partial charge is 0.373 e. The number of halogens is 1. The van der Waals surface area contributed by atoms with E-state index in [1.165, 1.54) is 76.6 Å². The van der Waals surface area contributed by atoms with Crippen molar-refractivity contribution in [1.29, 1.82) is 0 Å². The molecule has 14 heteroatoms. The molecular formula is C37H58FN6O6P. The van der Waals surface area contributed by atoms with Gasteiger partial charge in [0.05, 0.1) is 23.7 Å². The van der Waals surface area contributed by atoms with Gasteiger partial charge in [0.15, 0.2) is 5.82 Å². The van der Waals surface area contributed by atoms with Gasteiger partial charge in [0.2, 0.25) is 5.95 Å². The molecule has 2 unspecified atom stereocenters. The molecule has 3 heterocycles. The molecule has 4 N–H and O–H groups in total. The molecule has 2 aromatic heterocycles. The van der Waals surface area contributed by atoms with E-state index < -0.39 is 31.4 Å². The van der Waals surface area contributed by atoms with Gasteiger partial charge in [0, 0.05) is 42.2 Å². The fourth-order valence-corrected chi connectivity index (χ4v) is 7.52. The fourth-order valence-electron chi connectivity index (χ4n) is 6.44. The number of fused-ring (bicyclic) bond motifs is 1. The minimum Gasteiger partial charge on any atom is -0.373 e. The second kappa shape index (κ2) is 20.3. The monoisotopic (exact) mass is 732 g/mol. The molecule has 51 heavy (non-hydrogen) atoms. The minimum absolute atomic E-state index is 0.116. The van der Waals surface area contributed by atoms with Crippen molar-refractivity contribution in [3.05, 3.63) is 35.7 Å². The Morgan fingerprint density at radius 3 is 2.20 bits per heavy atom. The molecule has 0 saturated carbocycles. The highest BCUT2D eigenvalue weighted by atomic mass is 31.2. The standard InChI is InChI=1S/C37H58FN6O6P/c1-5-7-8-9-10-11-12-13-14-15-16-17-18-19-23-49-51(46,47)50-37(3,4)34-40-25-27(26-41-34)28-24-29-33(31(32(28)38)30-21-20-22-48-30)43-35(42-29)44-36(45)39-6-2/h24-26,30H,5-23H2,1-4H3,(H,46,47)(H3,39,42,43,44,45). The molecule has 1 saturated heterocycles. The van der Waals surface area contributed by atoms with Crippen LogP contribution >= 0.6 is 7.82 Å². The van der Waals surface area contributed by atoms with Crippen molar-refractivity contribution in [3.63, 3.8) is 0 Å². The number of hydrogen-bond donors (Lipinski definition) is 4. The first-order valence-electron chi connectivity index (χ1n) is 18.9. The molecule has 0 spiro atoms. The van der Waals surface area contributed by atoms with Crippen LogP contribution in [0.4, 0.5) is 15.1 Å². The van der Waals surface area contributed by atoms with Crippen LogP contribution in [0, 0.1) is 5.82 Å². The summed E-state index contributed by atoms with van der Waals surface area (Å²) in [5, 5.41) is 5.28. The summed E-state index contributed by atoms with van der Waals surface area (Å²) in [6, 6.07) is 1.16. The van der Waals surface area contributed by atoms with Crippen LogP contribution in [0.3, 0.4) is 0 Å². The molecule has 1 fully saturated rings. The highest BCUT2D eigenvalue weighted by molar-refractivity contribution is 7.47. The SMILES string of the molecule is CCCCCCCCCCCCCCCCOP(=O)(O)OC(C)(C)c1ncc(-c2cc3[nH]c(NC(=O)NCC)nc3c(C3CCCO3)c2F)cn1. The number of H-pyrrole nitrogens is 1. The van der Waals surface area contributed by atoms with Gasteiger partial charge in [0.25, 0.3) is 0 Å². The molecule has 0 aliphatic carbocycles. The Bertz CT molecular complexity index is 1560. The van der Waals surface area contributed by atoms with Crippen molar-refractivity contribution in [2.75, 3.05) is 25.1 Å². The number of nitrogens with zero attached hydrogens (tertiary/aromatic N) is 3. The van der Waals surface area contributed by atoms with E-state index >= 15 is 4.39 Å². The summed E-state index contributed by atoms with van der Waals surface area (Å²) in [6.07, 6.45) is 20.9. The highest BCUT2D eigenvalue weighted by Gasteiger charge is 2.36. The predicted octanol–water partition coefficient (Wildman–Crippen LogP) is 10.0. The molecule has 284 valence electrons. The number of hydrogen-bond acceptors (Lipinski definition) is 8. The van der Waals surface area contributed by atoms with Gasteiger partial charge in [-0.05, 0) is 46.1 Å². The van der Waals surface area contributed by atoms with E-state index in [9.17, 15) is 14.3 Å². The maximum absolute atomic E-state index is 16.2. The average molecular weight is 733 g/mol. The maximum atomic E-state index is 16.2. The Morgan fingerprint density at radius 2 is 1.63 bits per heavy atom. The number of rotatable bonds is 23. The maximum Gasteiger partial charge on any atom is 0.473 e. The summed E-state index contributed by atoms with van der Waals surface area (Å²) in [5.74, 6) is -0.206. The lowest BCUT2D eigenvalue weighted by Crippen LogP contribution is -2.28. The van der Waals surface area contributed by atoms with E-state index in [2.05, 4.69) is 37.5 Å². The van der Waals surface area contributed by atoms with Crippen LogP contribution in [-0.2, 0) is 24.0 Å². The zero-order chi connectivity index (χ0) is 36.7. The number of aromatic amines is 1. The third-order valence-corrected chi connectivity index (χ3v) is 10.4. The third-order valence-electron chi connectivity index (χ3n) is 9.17. The van der Waals surface area contributed by atoms with Gasteiger partial charge in [-0.15, -0.1) is 0 Å². The van der Waals surface area contributed by atoms with Crippen LogP contribution in [0.2, 0.25) is 0 Å². The molecular weight excluding hydrogens is 674 g/mol. The van der Waals surface area contributed by atoms with E-state index in [4.69, 9.17) is 13.8 Å². The van der Waals surface area contributed by atoms with Crippen molar-refractivity contribution < 1.29 is 32.4 Å². The second-order valence-electron chi connectivity index (χ2n) is 13.9. The number of carbonyl (C=O) groups is 1. The number of amides is 2. The normalized spacial score (nSPS) is 16.1. The van der Waals surface area contributed by atoms with E-state index in [1.54, 1.807) is 26.8 Å². The van der Waals surface area contributed by atoms with Gasteiger partial charge < -0.3 is 19.9 Å². The number of nitrogens with one attached hydrogen (secondary N) is 3. The Labute approximate surface area is 302 Å². The summed E-state index contributed by atoms with van der Waals surface area (Å²) in [4.78, 5) is 38.9. The quantitative estimate of drug-likeness (QED) is 0.0549. The fraction of sp³-hybridized carbons (Fsp3) is 0.676. The number of carbonyl (C=O) groups excluding carboxylic acids is 1. The van der Waals surface area contributed by atoms with E-state index in [1.807, 2.05) is 0 Å². The number of phosphoric acid groups is 1. The third kappa shape index (κ3) is 12.6. The van der Waals surface area contributed by atoms with Crippen LogP contribution in [0.5, 0.6) is 0 Å². The first-order valence-corrected chi connectivity index (χ1v) is 20.4. The first-order chi connectivity index (χ1) is 24.5. The lowest BCUT2D eigenvalue weighted by molar-refractivity contribution is 0.0394. The van der Waals surface area contributed by atoms with Gasteiger partial charge in [0.1, 0.15) is 11.4 Å². The average Bonchev–Trinajstić information content (AvgIpc) is 3.76. The molecule has 4 rings (SSSR count). The summed E-state index contributed by atoms with van der Waals surface area (Å²) in [6.45, 7) is 8.27. The molecule has 3 aromatic rings. The highest BCUT2D eigenvalue weighted by Crippen LogP contribution is 2.49. The summed E-state index contributed by atoms with van der Waals surface area (Å²) >= 11 is 0. The Morgan fingerprint density at radius 1 is 1.02 bits per heavy atom. The van der Waals surface area contributed by atoms with Crippen molar-refractivity contribution in [2.24, 2.45) is 0 Å². The van der Waals surface area contributed by atoms with Gasteiger partial charge in [-0.2, -0.15) is 0 Å². The zero-order valence-corrected chi connectivity index (χ0v) is 31.8. The first kappa shape index (κ1) is 40.8. The van der Waals surface area contributed by atoms with Gasteiger partial charge in [-0.1, -0.05) is 90.4 Å². The summed E-state index contributed by atoms with van der Waals surface area (Å²) in [5.41, 5.74) is 0.402. The molecule has 1 aromatic carbocycles. The van der Waals surface area contributed by atoms with E-state index in [-0.39, 0.29) is 23.9 Å². The molecule has 0 bridgehead atoms. The van der Waals surface area contributed by atoms with Gasteiger partial charge in [-0.3, -0.25) is 14.4 Å².